The zero-order chi connectivity index (χ0) is 16.8. The fraction of sp³-hybridized carbons (Fsp3) is 0.500. The molecule has 1 saturated carbocycles. The van der Waals surface area contributed by atoms with Crippen LogP contribution in [0.1, 0.15) is 45.4 Å². The second-order valence-electron chi connectivity index (χ2n) is 6.28. The van der Waals surface area contributed by atoms with Crippen LogP contribution in [0.3, 0.4) is 0 Å². The molecule has 0 radical (unpaired) electrons. The highest BCUT2D eigenvalue weighted by Crippen LogP contribution is 2.23. The summed E-state index contributed by atoms with van der Waals surface area (Å²) in [6.45, 7) is 2.93. The molecule has 1 N–H and O–H groups in total. The van der Waals surface area contributed by atoms with E-state index in [9.17, 15) is 4.79 Å². The number of hydrogen-bond acceptors (Lipinski definition) is 3. The maximum absolute atomic E-state index is 12.7. The quantitative estimate of drug-likeness (QED) is 0.907. The van der Waals surface area contributed by atoms with Gasteiger partial charge in [-0.3, -0.25) is 0 Å². The molecule has 0 atom stereocenters. The van der Waals surface area contributed by atoms with Gasteiger partial charge in [-0.15, -0.1) is 0 Å². The number of hydrogen-bond donors (Lipinski definition) is 1. The molecule has 2 aromatic rings. The Kier molecular flexibility index (Phi) is 5.46. The second kappa shape index (κ2) is 7.95. The minimum absolute atomic E-state index is 0.00807. The van der Waals surface area contributed by atoms with Crippen LogP contribution in [0.4, 0.5) is 10.5 Å². The lowest BCUT2D eigenvalue weighted by atomic mass is 9.94. The van der Waals surface area contributed by atoms with Crippen molar-refractivity contribution in [2.24, 2.45) is 0 Å². The van der Waals surface area contributed by atoms with Crippen LogP contribution in [0.2, 0.25) is 0 Å². The van der Waals surface area contributed by atoms with Crippen molar-refractivity contribution in [1.82, 2.24) is 19.9 Å². The Labute approximate surface area is 142 Å². The predicted octanol–water partition coefficient (Wildman–Crippen LogP) is 3.84. The van der Waals surface area contributed by atoms with Crippen molar-refractivity contribution in [2.45, 2.75) is 51.5 Å². The van der Waals surface area contributed by atoms with Gasteiger partial charge in [-0.2, -0.15) is 15.0 Å². The third-order valence-corrected chi connectivity index (χ3v) is 4.51. The van der Waals surface area contributed by atoms with Gasteiger partial charge >= 0.3 is 6.03 Å². The van der Waals surface area contributed by atoms with Gasteiger partial charge in [0.05, 0.1) is 18.1 Å². The number of aromatic nitrogens is 3. The van der Waals surface area contributed by atoms with Crippen molar-refractivity contribution >= 4 is 11.7 Å². The smallest absolute Gasteiger partial charge is 0.322 e. The molecule has 1 fully saturated rings. The van der Waals surface area contributed by atoms with Crippen molar-refractivity contribution in [3.63, 3.8) is 0 Å². The van der Waals surface area contributed by atoms with Gasteiger partial charge < -0.3 is 10.2 Å². The van der Waals surface area contributed by atoms with Gasteiger partial charge in [0.15, 0.2) is 0 Å². The van der Waals surface area contributed by atoms with Gasteiger partial charge in [0, 0.05) is 18.3 Å². The zero-order valence-corrected chi connectivity index (χ0v) is 14.2. The lowest BCUT2D eigenvalue weighted by Gasteiger charge is -2.34. The normalized spacial score (nSPS) is 15.2. The fourth-order valence-electron chi connectivity index (χ4n) is 3.31. The van der Waals surface area contributed by atoms with Gasteiger partial charge in [0.1, 0.15) is 0 Å². The molecule has 6 nitrogen and oxygen atoms in total. The first-order valence-corrected chi connectivity index (χ1v) is 8.82. The number of anilines is 1. The maximum Gasteiger partial charge on any atom is 0.322 e. The first kappa shape index (κ1) is 16.5. The summed E-state index contributed by atoms with van der Waals surface area (Å²) in [6, 6.07) is 7.98. The summed E-state index contributed by atoms with van der Waals surface area (Å²) in [6.07, 6.45) is 10.3. The number of nitrogens with zero attached hydrogens (tertiary/aromatic N) is 4. The summed E-state index contributed by atoms with van der Waals surface area (Å²) in [7, 11) is 0. The lowest BCUT2D eigenvalue weighted by molar-refractivity contribution is 0.167. The molecule has 1 aromatic carbocycles. The highest BCUT2D eigenvalue weighted by molar-refractivity contribution is 5.89. The molecule has 0 saturated heterocycles. The van der Waals surface area contributed by atoms with Gasteiger partial charge in [-0.05, 0) is 43.5 Å². The molecule has 1 aliphatic rings. The summed E-state index contributed by atoms with van der Waals surface area (Å²) in [4.78, 5) is 16.3. The van der Waals surface area contributed by atoms with Crippen LogP contribution in [0, 0.1) is 0 Å². The first-order chi connectivity index (χ1) is 11.8. The molecule has 1 aliphatic carbocycles. The average Bonchev–Trinajstić information content (AvgIpc) is 3.15. The van der Waals surface area contributed by atoms with E-state index in [1.54, 1.807) is 17.2 Å². The van der Waals surface area contributed by atoms with E-state index in [0.29, 0.717) is 6.04 Å². The van der Waals surface area contributed by atoms with Crippen LogP contribution in [0.5, 0.6) is 0 Å². The van der Waals surface area contributed by atoms with E-state index >= 15 is 0 Å². The van der Waals surface area contributed by atoms with Crippen LogP contribution in [-0.4, -0.2) is 38.5 Å². The molecule has 0 unspecified atom stereocenters. The number of urea groups is 1. The minimum Gasteiger partial charge on any atom is -0.322 e. The van der Waals surface area contributed by atoms with Crippen molar-refractivity contribution in [1.29, 1.82) is 0 Å². The molecule has 0 bridgehead atoms. The Morgan fingerprint density at radius 3 is 2.46 bits per heavy atom. The monoisotopic (exact) mass is 327 g/mol. The van der Waals surface area contributed by atoms with E-state index in [-0.39, 0.29) is 6.03 Å². The van der Waals surface area contributed by atoms with Crippen LogP contribution in [-0.2, 0) is 0 Å². The number of carbonyl (C=O) groups excluding carboxylic acids is 1. The van der Waals surface area contributed by atoms with Gasteiger partial charge in [-0.1, -0.05) is 26.2 Å². The largest absolute Gasteiger partial charge is 0.322 e. The molecule has 1 heterocycles. The Morgan fingerprint density at radius 2 is 1.83 bits per heavy atom. The highest BCUT2D eigenvalue weighted by atomic mass is 16.2. The summed E-state index contributed by atoms with van der Waals surface area (Å²) in [5, 5.41) is 11.2. The molecule has 2 amide bonds. The van der Waals surface area contributed by atoms with Crippen molar-refractivity contribution in [3.05, 3.63) is 36.7 Å². The third kappa shape index (κ3) is 3.93. The first-order valence-electron chi connectivity index (χ1n) is 8.82. The van der Waals surface area contributed by atoms with Crippen molar-refractivity contribution in [2.75, 3.05) is 11.9 Å². The van der Waals surface area contributed by atoms with E-state index in [1.165, 1.54) is 19.3 Å². The maximum atomic E-state index is 12.7. The summed E-state index contributed by atoms with van der Waals surface area (Å²) in [5.41, 5.74) is 1.67. The Hall–Kier alpha value is -2.37. The van der Waals surface area contributed by atoms with Crippen molar-refractivity contribution < 1.29 is 4.79 Å². The van der Waals surface area contributed by atoms with E-state index < -0.39 is 0 Å². The zero-order valence-electron chi connectivity index (χ0n) is 14.2. The van der Waals surface area contributed by atoms with Crippen LogP contribution < -0.4 is 5.32 Å². The van der Waals surface area contributed by atoms with Crippen LogP contribution >= 0.6 is 0 Å². The average molecular weight is 327 g/mol. The summed E-state index contributed by atoms with van der Waals surface area (Å²) < 4.78 is 0. The SMILES string of the molecule is CCCN(C(=O)Nc1ccc(-n2nccn2)cc1)C1CCCCC1. The molecular formula is C18H25N5O. The van der Waals surface area contributed by atoms with E-state index in [4.69, 9.17) is 0 Å². The van der Waals surface area contributed by atoms with Crippen molar-refractivity contribution in [3.8, 4) is 5.69 Å². The molecule has 3 rings (SSSR count). The van der Waals surface area contributed by atoms with E-state index in [0.717, 1.165) is 37.2 Å². The number of amides is 2. The van der Waals surface area contributed by atoms with Gasteiger partial charge in [0.2, 0.25) is 0 Å². The molecular weight excluding hydrogens is 302 g/mol. The Balaban J connectivity index is 1.65. The van der Waals surface area contributed by atoms with E-state index in [2.05, 4.69) is 22.4 Å². The predicted molar refractivity (Wildman–Crippen MR) is 94.2 cm³/mol. The number of nitrogens with one attached hydrogen (secondary N) is 1. The molecule has 6 heteroatoms. The molecule has 24 heavy (non-hydrogen) atoms. The highest BCUT2D eigenvalue weighted by Gasteiger charge is 2.24. The third-order valence-electron chi connectivity index (χ3n) is 4.51. The lowest BCUT2D eigenvalue weighted by Crippen LogP contribution is -2.44. The molecule has 128 valence electrons. The van der Waals surface area contributed by atoms with E-state index in [1.807, 2.05) is 29.2 Å². The number of rotatable bonds is 5. The Bertz CT molecular complexity index is 632. The molecule has 0 spiro atoms. The summed E-state index contributed by atoms with van der Waals surface area (Å²) >= 11 is 0. The Morgan fingerprint density at radius 1 is 1.17 bits per heavy atom. The molecule has 0 aliphatic heterocycles. The number of benzene rings is 1. The number of carbonyl (C=O) groups is 1. The van der Waals surface area contributed by atoms with Crippen LogP contribution in [0.25, 0.3) is 5.69 Å². The minimum atomic E-state index is 0.00807. The summed E-state index contributed by atoms with van der Waals surface area (Å²) in [5.74, 6) is 0. The van der Waals surface area contributed by atoms with Gasteiger partial charge in [-0.25, -0.2) is 4.79 Å². The van der Waals surface area contributed by atoms with Crippen LogP contribution in [0.15, 0.2) is 36.7 Å². The fourth-order valence-corrected chi connectivity index (χ4v) is 3.31. The topological polar surface area (TPSA) is 63.1 Å². The second-order valence-corrected chi connectivity index (χ2v) is 6.28. The molecule has 1 aromatic heterocycles. The van der Waals surface area contributed by atoms with Gasteiger partial charge in [0.25, 0.3) is 0 Å². The standard InChI is InChI=1S/C18H25N5O/c1-2-14-22(16-6-4-3-5-7-16)18(24)21-15-8-10-17(11-9-15)23-19-12-13-20-23/h8-13,16H,2-7,14H2,1H3,(H,21,24).